The summed E-state index contributed by atoms with van der Waals surface area (Å²) in [5.74, 6) is 0. The average Bonchev–Trinajstić information content (AvgIpc) is 2.87. The van der Waals surface area contributed by atoms with Gasteiger partial charge in [-0.1, -0.05) is 0 Å². The molecular formula is C14H19N3O4. The van der Waals surface area contributed by atoms with Crippen molar-refractivity contribution >= 4 is 17.4 Å². The lowest BCUT2D eigenvalue weighted by Gasteiger charge is -2.20. The number of hydrogen-bond donors (Lipinski definition) is 2. The molecule has 2 unspecified atom stereocenters. The van der Waals surface area contributed by atoms with Gasteiger partial charge in [0.1, 0.15) is 0 Å². The van der Waals surface area contributed by atoms with E-state index in [0.29, 0.717) is 11.3 Å². The average molecular weight is 293 g/mol. The number of carbonyl (C=O) groups is 1. The van der Waals surface area contributed by atoms with Crippen molar-refractivity contribution in [2.45, 2.75) is 38.3 Å². The summed E-state index contributed by atoms with van der Waals surface area (Å²) in [6.45, 7) is 1.72. The molecule has 2 amide bonds. The third-order valence-electron chi connectivity index (χ3n) is 3.74. The van der Waals surface area contributed by atoms with Crippen LogP contribution < -0.4 is 10.6 Å². The molecule has 1 aromatic carbocycles. The Kier molecular flexibility index (Phi) is 4.74. The molecule has 0 heterocycles. The van der Waals surface area contributed by atoms with E-state index in [4.69, 9.17) is 4.74 Å². The summed E-state index contributed by atoms with van der Waals surface area (Å²) >= 11 is 0. The van der Waals surface area contributed by atoms with Crippen molar-refractivity contribution < 1.29 is 14.5 Å². The Bertz CT molecular complexity index is 547. The number of nitrogens with one attached hydrogen (secondary N) is 2. The number of rotatable bonds is 4. The first-order chi connectivity index (χ1) is 10.0. The van der Waals surface area contributed by atoms with Gasteiger partial charge in [-0.05, 0) is 37.8 Å². The zero-order valence-electron chi connectivity index (χ0n) is 12.1. The maximum atomic E-state index is 12.0. The standard InChI is InChI=1S/C14H19N3O4/c1-9-8-10(17(19)20)6-7-11(9)15-14(18)16-12-4-3-5-13(12)21-2/h6-8,12-13H,3-5H2,1-2H3,(H2,15,16,18). The van der Waals surface area contributed by atoms with Gasteiger partial charge in [0.05, 0.1) is 17.1 Å². The fourth-order valence-corrected chi connectivity index (χ4v) is 2.60. The number of amides is 2. The maximum absolute atomic E-state index is 12.0. The molecule has 2 atom stereocenters. The van der Waals surface area contributed by atoms with Crippen LogP contribution in [0.3, 0.4) is 0 Å². The zero-order chi connectivity index (χ0) is 15.4. The molecule has 0 radical (unpaired) electrons. The molecule has 1 aliphatic rings. The predicted octanol–water partition coefficient (Wildman–Crippen LogP) is 2.59. The number of anilines is 1. The highest BCUT2D eigenvalue weighted by Crippen LogP contribution is 2.23. The number of nitrogens with zero attached hydrogens (tertiary/aromatic N) is 1. The highest BCUT2D eigenvalue weighted by atomic mass is 16.6. The van der Waals surface area contributed by atoms with E-state index in [2.05, 4.69) is 10.6 Å². The number of hydrogen-bond acceptors (Lipinski definition) is 4. The van der Waals surface area contributed by atoms with Crippen molar-refractivity contribution in [3.05, 3.63) is 33.9 Å². The van der Waals surface area contributed by atoms with Gasteiger partial charge in [0.15, 0.2) is 0 Å². The van der Waals surface area contributed by atoms with E-state index >= 15 is 0 Å². The smallest absolute Gasteiger partial charge is 0.319 e. The SMILES string of the molecule is COC1CCCC1NC(=O)Nc1ccc([N+](=O)[O-])cc1C. The van der Waals surface area contributed by atoms with Gasteiger partial charge in [-0.15, -0.1) is 0 Å². The van der Waals surface area contributed by atoms with Gasteiger partial charge in [0, 0.05) is 24.9 Å². The fourth-order valence-electron chi connectivity index (χ4n) is 2.60. The summed E-state index contributed by atoms with van der Waals surface area (Å²) in [5.41, 5.74) is 1.22. The molecule has 2 N–H and O–H groups in total. The van der Waals surface area contributed by atoms with E-state index in [1.807, 2.05) is 0 Å². The highest BCUT2D eigenvalue weighted by Gasteiger charge is 2.28. The number of aryl methyl sites for hydroxylation is 1. The fraction of sp³-hybridized carbons (Fsp3) is 0.500. The Labute approximate surface area is 122 Å². The number of nitro groups is 1. The molecule has 7 heteroatoms. The number of nitro benzene ring substituents is 1. The second-order valence-electron chi connectivity index (χ2n) is 5.17. The highest BCUT2D eigenvalue weighted by molar-refractivity contribution is 5.90. The van der Waals surface area contributed by atoms with Gasteiger partial charge >= 0.3 is 6.03 Å². The van der Waals surface area contributed by atoms with Crippen LogP contribution in [0.2, 0.25) is 0 Å². The maximum Gasteiger partial charge on any atom is 0.319 e. The number of non-ortho nitro benzene ring substituents is 1. The molecule has 114 valence electrons. The van der Waals surface area contributed by atoms with E-state index in [9.17, 15) is 14.9 Å². The molecule has 2 rings (SSSR count). The third kappa shape index (κ3) is 3.69. The van der Waals surface area contributed by atoms with Crippen molar-refractivity contribution in [3.8, 4) is 0 Å². The quantitative estimate of drug-likeness (QED) is 0.659. The van der Waals surface area contributed by atoms with Crippen LogP contribution in [0.25, 0.3) is 0 Å². The van der Waals surface area contributed by atoms with Crippen LogP contribution in [0, 0.1) is 17.0 Å². The molecule has 0 aliphatic heterocycles. The predicted molar refractivity (Wildman–Crippen MR) is 78.4 cm³/mol. The Morgan fingerprint density at radius 3 is 2.81 bits per heavy atom. The molecule has 1 fully saturated rings. The van der Waals surface area contributed by atoms with Gasteiger partial charge in [-0.25, -0.2) is 4.79 Å². The van der Waals surface area contributed by atoms with Crippen molar-refractivity contribution in [2.24, 2.45) is 0 Å². The summed E-state index contributed by atoms with van der Waals surface area (Å²) in [6, 6.07) is 4.03. The molecule has 0 spiro atoms. The lowest BCUT2D eigenvalue weighted by Crippen LogP contribution is -2.42. The van der Waals surface area contributed by atoms with E-state index in [0.717, 1.165) is 19.3 Å². The first kappa shape index (κ1) is 15.2. The summed E-state index contributed by atoms with van der Waals surface area (Å²) < 4.78 is 5.32. The number of urea groups is 1. The van der Waals surface area contributed by atoms with Crippen LogP contribution in [0.1, 0.15) is 24.8 Å². The molecule has 1 aliphatic carbocycles. The minimum absolute atomic E-state index is 0.00774. The Morgan fingerprint density at radius 1 is 1.43 bits per heavy atom. The van der Waals surface area contributed by atoms with E-state index < -0.39 is 4.92 Å². The first-order valence-corrected chi connectivity index (χ1v) is 6.86. The summed E-state index contributed by atoms with van der Waals surface area (Å²) in [5, 5.41) is 16.3. The first-order valence-electron chi connectivity index (χ1n) is 6.86. The molecular weight excluding hydrogens is 274 g/mol. The van der Waals surface area contributed by atoms with Crippen LogP contribution in [0.5, 0.6) is 0 Å². The van der Waals surface area contributed by atoms with Crippen LogP contribution in [0.4, 0.5) is 16.2 Å². The minimum atomic E-state index is -0.460. The van der Waals surface area contributed by atoms with Crippen molar-refractivity contribution in [1.82, 2.24) is 5.32 Å². The number of benzene rings is 1. The number of ether oxygens (including phenoxy) is 1. The van der Waals surface area contributed by atoms with Gasteiger partial charge < -0.3 is 15.4 Å². The van der Waals surface area contributed by atoms with Crippen molar-refractivity contribution in [3.63, 3.8) is 0 Å². The molecule has 1 aromatic rings. The van der Waals surface area contributed by atoms with Gasteiger partial charge in [-0.3, -0.25) is 10.1 Å². The number of carbonyl (C=O) groups excluding carboxylic acids is 1. The van der Waals surface area contributed by atoms with Crippen molar-refractivity contribution in [1.29, 1.82) is 0 Å². The molecule has 0 aromatic heterocycles. The van der Waals surface area contributed by atoms with Crippen LogP contribution in [-0.2, 0) is 4.74 Å². The van der Waals surface area contributed by atoms with Gasteiger partial charge in [0.2, 0.25) is 0 Å². The molecule has 21 heavy (non-hydrogen) atoms. The zero-order valence-corrected chi connectivity index (χ0v) is 12.1. The van der Waals surface area contributed by atoms with E-state index in [1.165, 1.54) is 18.2 Å². The summed E-state index contributed by atoms with van der Waals surface area (Å²) in [7, 11) is 1.64. The van der Waals surface area contributed by atoms with Crippen LogP contribution in [0.15, 0.2) is 18.2 Å². The Balaban J connectivity index is 1.98. The molecule has 0 saturated heterocycles. The van der Waals surface area contributed by atoms with E-state index in [-0.39, 0.29) is 23.9 Å². The topological polar surface area (TPSA) is 93.5 Å². The van der Waals surface area contributed by atoms with Gasteiger partial charge in [0.25, 0.3) is 5.69 Å². The summed E-state index contributed by atoms with van der Waals surface area (Å²) in [6.07, 6.45) is 2.91. The Morgan fingerprint density at radius 2 is 2.19 bits per heavy atom. The molecule has 7 nitrogen and oxygen atoms in total. The van der Waals surface area contributed by atoms with Crippen LogP contribution >= 0.6 is 0 Å². The lowest BCUT2D eigenvalue weighted by atomic mass is 10.2. The third-order valence-corrected chi connectivity index (χ3v) is 3.74. The van der Waals surface area contributed by atoms with Crippen molar-refractivity contribution in [2.75, 3.05) is 12.4 Å². The second-order valence-corrected chi connectivity index (χ2v) is 5.17. The second kappa shape index (κ2) is 6.53. The summed E-state index contributed by atoms with van der Waals surface area (Å²) in [4.78, 5) is 22.2. The van der Waals surface area contributed by atoms with E-state index in [1.54, 1.807) is 14.0 Å². The normalized spacial score (nSPS) is 21.0. The largest absolute Gasteiger partial charge is 0.379 e. The lowest BCUT2D eigenvalue weighted by molar-refractivity contribution is -0.384. The Hall–Kier alpha value is -2.15. The van der Waals surface area contributed by atoms with Crippen LogP contribution in [-0.4, -0.2) is 30.2 Å². The molecule has 1 saturated carbocycles. The number of methoxy groups -OCH3 is 1. The molecule has 0 bridgehead atoms. The van der Waals surface area contributed by atoms with Gasteiger partial charge in [-0.2, -0.15) is 0 Å². The monoisotopic (exact) mass is 293 g/mol. The minimum Gasteiger partial charge on any atom is -0.379 e.